The first kappa shape index (κ1) is 53.9. The SMILES string of the molecule is Cc1ncsc1-c1ccc(CNC(=O)[C@@H]2C[C@@H](O)CN2C(=O)C(NC(=O)CCOCCOc2ccc(-c3ccc(C(=O)NC45CC6CC(CC(NCC(=O)N7Cc8ccc(F)cc8C7)(C6)C4)C5)cc3)cc2)C(C)(C)C)cc1. The summed E-state index contributed by atoms with van der Waals surface area (Å²) in [5, 5.41) is 23.6. The fourth-order valence-electron chi connectivity index (χ4n) is 12.9. The summed E-state index contributed by atoms with van der Waals surface area (Å²) in [5.41, 5.74) is 7.88. The number of aromatic nitrogens is 1. The van der Waals surface area contributed by atoms with E-state index >= 15 is 0 Å². The van der Waals surface area contributed by atoms with Crippen LogP contribution >= 0.6 is 11.3 Å². The number of benzene rings is 4. The number of rotatable bonds is 19. The van der Waals surface area contributed by atoms with Crippen LogP contribution in [0, 0.1) is 30.0 Å². The molecule has 4 saturated carbocycles. The Balaban J connectivity index is 0.641. The van der Waals surface area contributed by atoms with E-state index in [1.54, 1.807) is 22.3 Å². The number of halogens is 1. The first-order valence-electron chi connectivity index (χ1n) is 27.0. The molecule has 406 valence electrons. The highest BCUT2D eigenvalue weighted by molar-refractivity contribution is 7.13. The highest BCUT2D eigenvalue weighted by Crippen LogP contribution is 2.57. The minimum atomic E-state index is -0.946. The summed E-state index contributed by atoms with van der Waals surface area (Å²) < 4.78 is 25.5. The van der Waals surface area contributed by atoms with Gasteiger partial charge in [-0.1, -0.05) is 75.4 Å². The minimum Gasteiger partial charge on any atom is -0.491 e. The second kappa shape index (κ2) is 22.4. The molecular weight excluding hydrogens is 998 g/mol. The Labute approximate surface area is 453 Å². The summed E-state index contributed by atoms with van der Waals surface area (Å²) in [5.74, 6) is 0.105. The van der Waals surface area contributed by atoms with Crippen molar-refractivity contribution in [2.24, 2.45) is 17.3 Å². The van der Waals surface area contributed by atoms with Crippen LogP contribution < -0.4 is 26.0 Å². The van der Waals surface area contributed by atoms with Gasteiger partial charge in [0, 0.05) is 55.7 Å². The largest absolute Gasteiger partial charge is 0.491 e. The molecule has 4 bridgehead atoms. The zero-order chi connectivity index (χ0) is 54.1. The lowest BCUT2D eigenvalue weighted by molar-refractivity contribution is -0.144. The van der Waals surface area contributed by atoms with Crippen LogP contribution in [0.5, 0.6) is 5.75 Å². The number of hydrogen-bond acceptors (Lipinski definition) is 11. The number of carbonyl (C=O) groups excluding carboxylic acids is 5. The number of β-amino-alcohol motifs (C(OH)–C–C–N with tert-alkyl or cyclic N) is 1. The molecule has 0 radical (unpaired) electrons. The van der Waals surface area contributed by atoms with Gasteiger partial charge in [0.1, 0.15) is 30.3 Å². The van der Waals surface area contributed by atoms with Gasteiger partial charge in [0.15, 0.2) is 0 Å². The van der Waals surface area contributed by atoms with Gasteiger partial charge < -0.3 is 45.6 Å². The maximum absolute atomic E-state index is 14.1. The normalized spacial score (nSPS) is 23.6. The van der Waals surface area contributed by atoms with Crippen LogP contribution in [0.2, 0.25) is 0 Å². The number of fused-ring (bicyclic) bond motifs is 1. The summed E-state index contributed by atoms with van der Waals surface area (Å²) in [6, 6.07) is 26.1. The number of amides is 5. The molecule has 0 spiro atoms. The number of nitrogens with one attached hydrogen (secondary N) is 4. The molecule has 6 aliphatic rings. The van der Waals surface area contributed by atoms with Crippen molar-refractivity contribution in [1.82, 2.24) is 36.1 Å². The molecule has 5 N–H and O–H groups in total. The molecule has 17 heteroatoms. The number of ether oxygens (including phenoxy) is 2. The van der Waals surface area contributed by atoms with Crippen LogP contribution in [0.15, 0.2) is 96.5 Å². The van der Waals surface area contributed by atoms with E-state index < -0.39 is 29.5 Å². The van der Waals surface area contributed by atoms with E-state index in [9.17, 15) is 33.5 Å². The molecule has 11 rings (SSSR count). The quantitative estimate of drug-likeness (QED) is 0.0519. The number of carbonyl (C=O) groups is 5. The molecule has 15 nitrogen and oxygen atoms in total. The highest BCUT2D eigenvalue weighted by atomic mass is 32.1. The summed E-state index contributed by atoms with van der Waals surface area (Å²) in [4.78, 5) is 76.6. The van der Waals surface area contributed by atoms with E-state index in [0.717, 1.165) is 82.5 Å². The highest BCUT2D eigenvalue weighted by Gasteiger charge is 2.58. The Hall–Kier alpha value is -6.53. The van der Waals surface area contributed by atoms with Gasteiger partial charge in [-0.25, -0.2) is 9.37 Å². The fraction of sp³-hybridized carbons (Fsp3) is 0.467. The van der Waals surface area contributed by atoms with E-state index in [1.165, 1.54) is 17.0 Å². The van der Waals surface area contributed by atoms with Crippen molar-refractivity contribution in [2.75, 3.05) is 32.9 Å². The second-order valence-electron chi connectivity index (χ2n) is 23.2. The van der Waals surface area contributed by atoms with Gasteiger partial charge in [0.2, 0.25) is 23.6 Å². The van der Waals surface area contributed by atoms with Crippen molar-refractivity contribution in [1.29, 1.82) is 0 Å². The van der Waals surface area contributed by atoms with E-state index in [2.05, 4.69) is 26.3 Å². The van der Waals surface area contributed by atoms with Gasteiger partial charge >= 0.3 is 0 Å². The van der Waals surface area contributed by atoms with Gasteiger partial charge in [0.05, 0.1) is 41.9 Å². The van der Waals surface area contributed by atoms with Crippen molar-refractivity contribution in [3.8, 4) is 27.3 Å². The predicted molar refractivity (Wildman–Crippen MR) is 291 cm³/mol. The molecule has 1 saturated heterocycles. The first-order valence-corrected chi connectivity index (χ1v) is 27.9. The third-order valence-corrected chi connectivity index (χ3v) is 17.3. The van der Waals surface area contributed by atoms with Crippen molar-refractivity contribution >= 4 is 40.9 Å². The van der Waals surface area contributed by atoms with Crippen LogP contribution in [0.4, 0.5) is 4.39 Å². The molecule has 3 unspecified atom stereocenters. The number of nitrogens with zero attached hydrogens (tertiary/aromatic N) is 3. The lowest BCUT2D eigenvalue weighted by Crippen LogP contribution is -2.69. The lowest BCUT2D eigenvalue weighted by atomic mass is 9.50. The van der Waals surface area contributed by atoms with Gasteiger partial charge in [-0.05, 0) is 132 Å². The summed E-state index contributed by atoms with van der Waals surface area (Å²) in [6.07, 6.45) is 5.08. The number of aryl methyl sites for hydroxylation is 1. The Morgan fingerprint density at radius 2 is 1.51 bits per heavy atom. The summed E-state index contributed by atoms with van der Waals surface area (Å²) in [6.45, 7) is 9.49. The number of aliphatic hydroxyl groups excluding tert-OH is 1. The third kappa shape index (κ3) is 12.4. The van der Waals surface area contributed by atoms with Crippen molar-refractivity contribution < 1.29 is 42.9 Å². The van der Waals surface area contributed by atoms with E-state index in [-0.39, 0.29) is 92.8 Å². The molecule has 77 heavy (non-hydrogen) atoms. The molecule has 3 heterocycles. The Morgan fingerprint density at radius 3 is 2.19 bits per heavy atom. The maximum atomic E-state index is 14.1. The van der Waals surface area contributed by atoms with Gasteiger partial charge in [-0.2, -0.15) is 0 Å². The van der Waals surface area contributed by atoms with E-state index in [1.807, 2.05) is 106 Å². The lowest BCUT2D eigenvalue weighted by Gasteiger charge is -2.62. The second-order valence-corrected chi connectivity index (χ2v) is 24.1. The topological polar surface area (TPSA) is 192 Å². The van der Waals surface area contributed by atoms with Gasteiger partial charge in [-0.15, -0.1) is 11.3 Å². The zero-order valence-electron chi connectivity index (χ0n) is 44.4. The molecular formula is C60H70FN7O8S. The number of hydrogen-bond donors (Lipinski definition) is 5. The number of aliphatic hydroxyl groups is 1. The average Bonchev–Trinajstić information content (AvgIpc) is 4.19. The zero-order valence-corrected chi connectivity index (χ0v) is 45.2. The summed E-state index contributed by atoms with van der Waals surface area (Å²) in [7, 11) is 0. The van der Waals surface area contributed by atoms with Crippen LogP contribution in [0.3, 0.4) is 0 Å². The van der Waals surface area contributed by atoms with Crippen LogP contribution in [-0.2, 0) is 43.5 Å². The monoisotopic (exact) mass is 1070 g/mol. The predicted octanol–water partition coefficient (Wildman–Crippen LogP) is 7.47. The maximum Gasteiger partial charge on any atom is 0.251 e. The van der Waals surface area contributed by atoms with Crippen molar-refractivity contribution in [2.45, 2.75) is 128 Å². The number of thiazole rings is 1. The Morgan fingerprint density at radius 1 is 0.831 bits per heavy atom. The van der Waals surface area contributed by atoms with Gasteiger partial charge in [0.25, 0.3) is 5.91 Å². The fourth-order valence-corrected chi connectivity index (χ4v) is 13.7. The first-order chi connectivity index (χ1) is 36.9. The molecule has 5 fully saturated rings. The van der Waals surface area contributed by atoms with Crippen LogP contribution in [0.1, 0.15) is 105 Å². The Bertz CT molecular complexity index is 2960. The van der Waals surface area contributed by atoms with Crippen LogP contribution in [0.25, 0.3) is 21.6 Å². The van der Waals surface area contributed by atoms with E-state index in [4.69, 9.17) is 9.47 Å². The molecule has 5 aromatic rings. The van der Waals surface area contributed by atoms with Crippen LogP contribution in [-0.4, -0.2) is 112 Å². The van der Waals surface area contributed by atoms with Gasteiger partial charge in [-0.3, -0.25) is 24.0 Å². The molecule has 4 aromatic carbocycles. The standard InChI is InChI=1S/C60H70FN7O8S/c1-37-53(77-36-63-37)43-7-5-38(6-8-43)30-62-56(73)50-25-48(69)34-68(50)57(74)54(58(2,3)4)65-51(70)19-20-75-21-22-76-49-17-14-42(15-18-49)41-9-11-44(12-10-41)55(72)66-60-28-39-23-40(29-60)27-59(26-39,35-60)64-31-52(71)67-32-45-13-16-47(61)24-46(45)33-67/h5-18,24,36,39-40,48,50,54,64,69H,19-23,25-35H2,1-4H3,(H,62,73)(H,65,70)(H,66,72)/t39?,40?,48-,50+,54?,59?,60?/m1/s1. The average molecular weight is 1070 g/mol. The smallest absolute Gasteiger partial charge is 0.251 e. The molecule has 5 amide bonds. The molecule has 4 aliphatic carbocycles. The Kier molecular flexibility index (Phi) is 15.7. The molecule has 2 aliphatic heterocycles. The molecule has 1 aromatic heterocycles. The minimum absolute atomic E-state index is 0.00773. The molecule has 5 atom stereocenters. The van der Waals surface area contributed by atoms with Crippen molar-refractivity contribution in [3.05, 3.63) is 130 Å². The van der Waals surface area contributed by atoms with Crippen molar-refractivity contribution in [3.63, 3.8) is 0 Å². The van der Waals surface area contributed by atoms with E-state index in [0.29, 0.717) is 36.2 Å². The summed E-state index contributed by atoms with van der Waals surface area (Å²) >= 11 is 1.57. The third-order valence-electron chi connectivity index (χ3n) is 16.3. The number of likely N-dealkylation sites (tertiary alicyclic amines) is 1.